The highest BCUT2D eigenvalue weighted by molar-refractivity contribution is 5.75. The predicted octanol–water partition coefficient (Wildman–Crippen LogP) is 1.75. The van der Waals surface area contributed by atoms with Gasteiger partial charge < -0.3 is 15.7 Å². The number of hydrogen-bond acceptors (Lipinski definition) is 3. The predicted molar refractivity (Wildman–Crippen MR) is 89.4 cm³/mol. The Morgan fingerprint density at radius 3 is 3.00 bits per heavy atom. The Bertz CT molecular complexity index is 770. The van der Waals surface area contributed by atoms with E-state index in [9.17, 15) is 9.90 Å². The minimum Gasteiger partial charge on any atom is -0.390 e. The molecule has 3 atom stereocenters. The van der Waals surface area contributed by atoms with Crippen LogP contribution in [0.3, 0.4) is 0 Å². The lowest BCUT2D eigenvalue weighted by Gasteiger charge is -2.25. The largest absolute Gasteiger partial charge is 0.390 e. The second kappa shape index (κ2) is 5.94. The molecule has 1 heterocycles. The summed E-state index contributed by atoms with van der Waals surface area (Å²) in [5.41, 5.74) is 4.40. The molecule has 3 N–H and O–H groups in total. The SMILES string of the molecule is Cn1ncc2c1CCCC2NC(=O)NC1c2ccccc2CC1O. The van der Waals surface area contributed by atoms with Crippen LogP contribution in [-0.4, -0.2) is 27.0 Å². The molecule has 0 bridgehead atoms. The van der Waals surface area contributed by atoms with Crippen LogP contribution >= 0.6 is 0 Å². The van der Waals surface area contributed by atoms with E-state index in [1.807, 2.05) is 42.2 Å². The van der Waals surface area contributed by atoms with Crippen molar-refractivity contribution in [3.05, 3.63) is 52.8 Å². The molecule has 2 aliphatic rings. The summed E-state index contributed by atoms with van der Waals surface area (Å²) in [6, 6.07) is 7.26. The lowest BCUT2D eigenvalue weighted by molar-refractivity contribution is 0.141. The normalized spacial score (nSPS) is 25.0. The average Bonchev–Trinajstić information content (AvgIpc) is 3.10. The Balaban J connectivity index is 1.47. The van der Waals surface area contributed by atoms with Crippen molar-refractivity contribution in [3.8, 4) is 0 Å². The first-order valence-corrected chi connectivity index (χ1v) is 8.47. The number of aromatic nitrogens is 2. The molecule has 2 aliphatic carbocycles. The van der Waals surface area contributed by atoms with Crippen LogP contribution in [0, 0.1) is 0 Å². The molecule has 24 heavy (non-hydrogen) atoms. The van der Waals surface area contributed by atoms with Crippen molar-refractivity contribution < 1.29 is 9.90 Å². The van der Waals surface area contributed by atoms with Crippen LogP contribution < -0.4 is 10.6 Å². The highest BCUT2D eigenvalue weighted by Crippen LogP contribution is 2.32. The van der Waals surface area contributed by atoms with E-state index in [1.165, 1.54) is 5.69 Å². The first-order valence-electron chi connectivity index (χ1n) is 8.47. The maximum Gasteiger partial charge on any atom is 0.315 e. The van der Waals surface area contributed by atoms with E-state index in [-0.39, 0.29) is 18.1 Å². The van der Waals surface area contributed by atoms with E-state index in [2.05, 4.69) is 15.7 Å². The molecule has 126 valence electrons. The van der Waals surface area contributed by atoms with Crippen LogP contribution in [0.25, 0.3) is 0 Å². The summed E-state index contributed by atoms with van der Waals surface area (Å²) in [6.45, 7) is 0. The van der Waals surface area contributed by atoms with Crippen molar-refractivity contribution in [2.24, 2.45) is 7.05 Å². The molecule has 1 aromatic heterocycles. The van der Waals surface area contributed by atoms with Crippen LogP contribution in [0.5, 0.6) is 0 Å². The van der Waals surface area contributed by atoms with Crippen LogP contribution in [-0.2, 0) is 19.9 Å². The van der Waals surface area contributed by atoms with E-state index in [0.717, 1.165) is 36.0 Å². The van der Waals surface area contributed by atoms with E-state index in [0.29, 0.717) is 6.42 Å². The van der Waals surface area contributed by atoms with Crippen LogP contribution in [0.1, 0.15) is 47.3 Å². The van der Waals surface area contributed by atoms with E-state index < -0.39 is 6.10 Å². The molecule has 0 aliphatic heterocycles. The molecule has 0 radical (unpaired) electrons. The molecule has 0 saturated carbocycles. The molecule has 2 aromatic rings. The fraction of sp³-hybridized carbons (Fsp3) is 0.444. The molecule has 4 rings (SSSR count). The van der Waals surface area contributed by atoms with Gasteiger partial charge in [0.1, 0.15) is 0 Å². The average molecular weight is 326 g/mol. The number of aliphatic hydroxyl groups excluding tert-OH is 1. The van der Waals surface area contributed by atoms with E-state index in [1.54, 1.807) is 0 Å². The fourth-order valence-electron chi connectivity index (χ4n) is 3.95. The van der Waals surface area contributed by atoms with Crippen molar-refractivity contribution in [2.45, 2.75) is 43.9 Å². The summed E-state index contributed by atoms with van der Waals surface area (Å²) in [5, 5.41) is 20.6. The number of nitrogens with zero attached hydrogens (tertiary/aromatic N) is 2. The lowest BCUT2D eigenvalue weighted by atomic mass is 9.93. The van der Waals surface area contributed by atoms with Gasteiger partial charge in [0.25, 0.3) is 0 Å². The first kappa shape index (κ1) is 15.2. The topological polar surface area (TPSA) is 79.2 Å². The molecular formula is C18H22N4O2. The number of benzene rings is 1. The van der Waals surface area contributed by atoms with Gasteiger partial charge in [0, 0.05) is 24.7 Å². The Morgan fingerprint density at radius 1 is 1.29 bits per heavy atom. The smallest absolute Gasteiger partial charge is 0.315 e. The number of aliphatic hydroxyl groups is 1. The van der Waals surface area contributed by atoms with Crippen molar-refractivity contribution in [1.29, 1.82) is 0 Å². The molecule has 3 unspecified atom stereocenters. The summed E-state index contributed by atoms with van der Waals surface area (Å²) in [7, 11) is 1.94. The van der Waals surface area contributed by atoms with Crippen LogP contribution in [0.15, 0.2) is 30.5 Å². The first-order chi connectivity index (χ1) is 11.6. The zero-order chi connectivity index (χ0) is 16.7. The van der Waals surface area contributed by atoms with Gasteiger partial charge >= 0.3 is 6.03 Å². The van der Waals surface area contributed by atoms with Gasteiger partial charge in [-0.25, -0.2) is 4.79 Å². The lowest BCUT2D eigenvalue weighted by Crippen LogP contribution is -2.43. The number of fused-ring (bicyclic) bond motifs is 2. The molecule has 6 heteroatoms. The van der Waals surface area contributed by atoms with Crippen molar-refractivity contribution in [2.75, 3.05) is 0 Å². The van der Waals surface area contributed by atoms with E-state index in [4.69, 9.17) is 0 Å². The number of urea groups is 1. The minimum atomic E-state index is -0.576. The monoisotopic (exact) mass is 326 g/mol. The third kappa shape index (κ3) is 2.57. The van der Waals surface area contributed by atoms with Crippen molar-refractivity contribution in [3.63, 3.8) is 0 Å². The van der Waals surface area contributed by atoms with Crippen molar-refractivity contribution >= 4 is 6.03 Å². The highest BCUT2D eigenvalue weighted by atomic mass is 16.3. The standard InChI is InChI=1S/C18H22N4O2/c1-22-15-8-4-7-14(13(15)10-19-22)20-18(24)21-17-12-6-3-2-5-11(12)9-16(17)23/h2-3,5-6,10,14,16-17,23H,4,7-9H2,1H3,(H2,20,21,24). The minimum absolute atomic E-state index is 0.0174. The highest BCUT2D eigenvalue weighted by Gasteiger charge is 2.33. The molecule has 0 spiro atoms. The number of hydrogen-bond donors (Lipinski definition) is 3. The number of carbonyl (C=O) groups excluding carboxylic acids is 1. The summed E-state index contributed by atoms with van der Waals surface area (Å²) in [5.74, 6) is 0. The number of carbonyl (C=O) groups is 1. The molecule has 0 saturated heterocycles. The maximum absolute atomic E-state index is 12.5. The van der Waals surface area contributed by atoms with Gasteiger partial charge in [-0.05, 0) is 30.4 Å². The second-order valence-corrected chi connectivity index (χ2v) is 6.68. The fourth-order valence-corrected chi connectivity index (χ4v) is 3.95. The maximum atomic E-state index is 12.5. The number of rotatable bonds is 2. The zero-order valence-electron chi connectivity index (χ0n) is 13.7. The summed E-state index contributed by atoms with van der Waals surface area (Å²) in [6.07, 6.45) is 4.80. The number of aryl methyl sites for hydroxylation is 1. The third-order valence-electron chi connectivity index (χ3n) is 5.17. The summed E-state index contributed by atoms with van der Waals surface area (Å²) >= 11 is 0. The molecular weight excluding hydrogens is 304 g/mol. The van der Waals surface area contributed by atoms with E-state index >= 15 is 0 Å². The number of amides is 2. The Labute approximate surface area is 140 Å². The summed E-state index contributed by atoms with van der Waals surface area (Å²) in [4.78, 5) is 12.5. The Hall–Kier alpha value is -2.34. The van der Waals surface area contributed by atoms with Gasteiger partial charge in [0.05, 0.1) is 24.4 Å². The van der Waals surface area contributed by atoms with Gasteiger partial charge in [0.15, 0.2) is 0 Å². The van der Waals surface area contributed by atoms with Gasteiger partial charge in [-0.15, -0.1) is 0 Å². The van der Waals surface area contributed by atoms with Gasteiger partial charge in [-0.1, -0.05) is 24.3 Å². The Kier molecular flexibility index (Phi) is 3.76. The molecule has 2 amide bonds. The van der Waals surface area contributed by atoms with Crippen molar-refractivity contribution in [1.82, 2.24) is 20.4 Å². The molecule has 1 aromatic carbocycles. The molecule has 6 nitrogen and oxygen atoms in total. The number of nitrogens with one attached hydrogen (secondary N) is 2. The van der Waals surface area contributed by atoms with Gasteiger partial charge in [-0.3, -0.25) is 4.68 Å². The second-order valence-electron chi connectivity index (χ2n) is 6.68. The summed E-state index contributed by atoms with van der Waals surface area (Å²) < 4.78 is 1.89. The third-order valence-corrected chi connectivity index (χ3v) is 5.17. The zero-order valence-corrected chi connectivity index (χ0v) is 13.7. The Morgan fingerprint density at radius 2 is 2.12 bits per heavy atom. The quantitative estimate of drug-likeness (QED) is 0.787. The van der Waals surface area contributed by atoms with Gasteiger partial charge in [-0.2, -0.15) is 5.10 Å². The molecule has 0 fully saturated rings. The van der Waals surface area contributed by atoms with Crippen LogP contribution in [0.4, 0.5) is 4.79 Å². The van der Waals surface area contributed by atoms with Crippen LogP contribution in [0.2, 0.25) is 0 Å². The van der Waals surface area contributed by atoms with Gasteiger partial charge in [0.2, 0.25) is 0 Å².